The number of pyridine rings is 1. The Hall–Kier alpha value is -1.18. The highest BCUT2D eigenvalue weighted by Gasteiger charge is 2.22. The van der Waals surface area contributed by atoms with Crippen molar-refractivity contribution in [3.05, 3.63) is 43.9 Å². The normalized spacial score (nSPS) is 20.8. The van der Waals surface area contributed by atoms with E-state index in [1.807, 2.05) is 16.8 Å². The second-order valence-electron chi connectivity index (χ2n) is 9.14. The van der Waals surface area contributed by atoms with Gasteiger partial charge in [0.05, 0.1) is 30.6 Å². The van der Waals surface area contributed by atoms with Crippen LogP contribution in [-0.4, -0.2) is 47.5 Å². The molecule has 4 heterocycles. The van der Waals surface area contributed by atoms with E-state index >= 15 is 4.39 Å². The van der Waals surface area contributed by atoms with Crippen molar-refractivity contribution in [1.29, 1.82) is 0 Å². The molecule has 194 valence electrons. The van der Waals surface area contributed by atoms with Crippen LogP contribution in [0.15, 0.2) is 28.9 Å². The van der Waals surface area contributed by atoms with Gasteiger partial charge in [-0.2, -0.15) is 5.10 Å². The van der Waals surface area contributed by atoms with Crippen LogP contribution in [-0.2, 0) is 25.6 Å². The maximum absolute atomic E-state index is 15.2. The Morgan fingerprint density at radius 1 is 1.08 bits per heavy atom. The molecule has 2 fully saturated rings. The third-order valence-corrected chi connectivity index (χ3v) is 7.76. The molecule has 0 N–H and O–H groups in total. The van der Waals surface area contributed by atoms with Gasteiger partial charge in [0.15, 0.2) is 12.5 Å². The van der Waals surface area contributed by atoms with Gasteiger partial charge in [0.2, 0.25) is 0 Å². The van der Waals surface area contributed by atoms with Crippen LogP contribution in [0.25, 0.3) is 22.2 Å². The fourth-order valence-corrected chi connectivity index (χ4v) is 5.84. The lowest BCUT2D eigenvalue weighted by atomic mass is 10.0. The Bertz CT molecular complexity index is 1180. The molecule has 2 unspecified atom stereocenters. The van der Waals surface area contributed by atoms with Crippen LogP contribution in [0.3, 0.4) is 0 Å². The highest BCUT2D eigenvalue weighted by atomic mass is 127. The third-order valence-electron chi connectivity index (χ3n) is 6.50. The first kappa shape index (κ1) is 26.4. The summed E-state index contributed by atoms with van der Waals surface area (Å²) in [7, 11) is 0. The Morgan fingerprint density at radius 2 is 1.92 bits per heavy atom. The van der Waals surface area contributed by atoms with Crippen molar-refractivity contribution in [3.63, 3.8) is 0 Å². The zero-order valence-electron chi connectivity index (χ0n) is 20.1. The minimum atomic E-state index is -0.342. The standard InChI is InChI=1S/C26H30BrFIN3O4/c27-18-12-17(16-33-8-5-11-36-24-7-2-4-10-35-24)25(20(28)13-18)21-14-19-22(15-30-21)32(31-26(19)29)23-6-1-3-9-34-23/h12-15,23-24H,1-11,16H2. The number of aromatic nitrogens is 3. The summed E-state index contributed by atoms with van der Waals surface area (Å²) in [6.45, 7) is 2.88. The van der Waals surface area contributed by atoms with E-state index in [2.05, 4.69) is 43.5 Å². The molecule has 36 heavy (non-hydrogen) atoms. The molecule has 2 aromatic heterocycles. The summed E-state index contributed by atoms with van der Waals surface area (Å²) in [4.78, 5) is 4.64. The van der Waals surface area contributed by atoms with Gasteiger partial charge < -0.3 is 18.9 Å². The van der Waals surface area contributed by atoms with Gasteiger partial charge in [-0.3, -0.25) is 4.98 Å². The lowest BCUT2D eigenvalue weighted by molar-refractivity contribution is -0.164. The molecule has 10 heteroatoms. The first-order chi connectivity index (χ1) is 17.6. The molecule has 0 radical (unpaired) electrons. The third kappa shape index (κ3) is 6.27. The molecule has 2 atom stereocenters. The first-order valence-electron chi connectivity index (χ1n) is 12.5. The Labute approximate surface area is 232 Å². The van der Waals surface area contributed by atoms with Gasteiger partial charge in [0.25, 0.3) is 0 Å². The summed E-state index contributed by atoms with van der Waals surface area (Å²) >= 11 is 5.64. The van der Waals surface area contributed by atoms with Crippen molar-refractivity contribution in [1.82, 2.24) is 14.8 Å². The molecule has 1 aromatic carbocycles. The van der Waals surface area contributed by atoms with Crippen molar-refractivity contribution in [2.45, 2.75) is 64.1 Å². The predicted octanol–water partition coefficient (Wildman–Crippen LogP) is 6.75. The Morgan fingerprint density at radius 3 is 2.69 bits per heavy atom. The molecule has 2 saturated heterocycles. The van der Waals surface area contributed by atoms with Gasteiger partial charge in [-0.1, -0.05) is 15.9 Å². The molecule has 0 spiro atoms. The molecule has 2 aliphatic heterocycles. The van der Waals surface area contributed by atoms with E-state index in [0.717, 1.165) is 78.3 Å². The summed E-state index contributed by atoms with van der Waals surface area (Å²) in [5, 5.41) is 5.65. The zero-order chi connectivity index (χ0) is 24.9. The van der Waals surface area contributed by atoms with Crippen LogP contribution in [0, 0.1) is 9.52 Å². The van der Waals surface area contributed by atoms with Crippen LogP contribution in [0.1, 0.15) is 56.7 Å². The van der Waals surface area contributed by atoms with Crippen LogP contribution >= 0.6 is 38.5 Å². The van der Waals surface area contributed by atoms with E-state index in [9.17, 15) is 0 Å². The second-order valence-corrected chi connectivity index (χ2v) is 11.1. The number of ether oxygens (including phenoxy) is 4. The molecule has 3 aromatic rings. The Balaban J connectivity index is 1.29. The molecule has 0 amide bonds. The van der Waals surface area contributed by atoms with Crippen LogP contribution in [0.5, 0.6) is 0 Å². The van der Waals surface area contributed by atoms with Crippen molar-refractivity contribution in [3.8, 4) is 11.3 Å². The highest BCUT2D eigenvalue weighted by Crippen LogP contribution is 2.34. The molecule has 2 aliphatic rings. The lowest BCUT2D eigenvalue weighted by Gasteiger charge is -2.23. The van der Waals surface area contributed by atoms with E-state index in [1.54, 1.807) is 6.20 Å². The SMILES string of the molecule is Fc1cc(Br)cc(COCCCOC2CCCCO2)c1-c1cc2c(I)nn(C3CCCCO3)c2cn1. The monoisotopic (exact) mass is 673 g/mol. The van der Waals surface area contributed by atoms with E-state index in [0.29, 0.717) is 28.9 Å². The largest absolute Gasteiger partial charge is 0.377 e. The van der Waals surface area contributed by atoms with Crippen molar-refractivity contribution >= 4 is 49.4 Å². The summed E-state index contributed by atoms with van der Waals surface area (Å²) in [6.07, 6.45) is 8.65. The summed E-state index contributed by atoms with van der Waals surface area (Å²) in [5.41, 5.74) is 2.64. The summed E-state index contributed by atoms with van der Waals surface area (Å²) < 4.78 is 41.8. The minimum absolute atomic E-state index is 0.0838. The number of fused-ring (bicyclic) bond motifs is 1. The van der Waals surface area contributed by atoms with Crippen molar-refractivity contribution in [2.75, 3.05) is 26.4 Å². The minimum Gasteiger partial charge on any atom is -0.377 e. The van der Waals surface area contributed by atoms with Gasteiger partial charge in [0.1, 0.15) is 9.52 Å². The number of nitrogens with zero attached hydrogens (tertiary/aromatic N) is 3. The maximum Gasteiger partial charge on any atom is 0.157 e. The number of rotatable bonds is 9. The van der Waals surface area contributed by atoms with Gasteiger partial charge >= 0.3 is 0 Å². The summed E-state index contributed by atoms with van der Waals surface area (Å²) in [6, 6.07) is 5.27. The van der Waals surface area contributed by atoms with Gasteiger partial charge in [-0.25, -0.2) is 9.07 Å². The molecule has 5 rings (SSSR count). The van der Waals surface area contributed by atoms with Gasteiger partial charge in [-0.15, -0.1) is 0 Å². The molecule has 0 bridgehead atoms. The average Bonchev–Trinajstić information content (AvgIpc) is 3.22. The molecule has 0 saturated carbocycles. The summed E-state index contributed by atoms with van der Waals surface area (Å²) in [5.74, 6) is -0.342. The van der Waals surface area contributed by atoms with E-state index in [-0.39, 0.29) is 24.9 Å². The zero-order valence-corrected chi connectivity index (χ0v) is 23.8. The number of hydrogen-bond acceptors (Lipinski definition) is 6. The molecular formula is C26H30BrFIN3O4. The lowest BCUT2D eigenvalue weighted by Crippen LogP contribution is -2.23. The average molecular weight is 674 g/mol. The highest BCUT2D eigenvalue weighted by molar-refractivity contribution is 14.1. The maximum atomic E-state index is 15.2. The smallest absolute Gasteiger partial charge is 0.157 e. The van der Waals surface area contributed by atoms with Crippen LogP contribution in [0.4, 0.5) is 4.39 Å². The Kier molecular flexibility index (Phi) is 9.23. The quantitative estimate of drug-likeness (QED) is 0.185. The van der Waals surface area contributed by atoms with Crippen molar-refractivity contribution < 1.29 is 23.3 Å². The van der Waals surface area contributed by atoms with E-state index in [1.165, 1.54) is 6.07 Å². The van der Waals surface area contributed by atoms with E-state index in [4.69, 9.17) is 24.0 Å². The van der Waals surface area contributed by atoms with Crippen LogP contribution < -0.4 is 0 Å². The molecule has 7 nitrogen and oxygen atoms in total. The topological polar surface area (TPSA) is 67.6 Å². The second kappa shape index (κ2) is 12.6. The number of hydrogen-bond donors (Lipinski definition) is 0. The predicted molar refractivity (Wildman–Crippen MR) is 146 cm³/mol. The number of benzene rings is 1. The molecule has 0 aliphatic carbocycles. The molecular weight excluding hydrogens is 644 g/mol. The van der Waals surface area contributed by atoms with Gasteiger partial charge in [-0.05, 0) is 91.3 Å². The number of halogens is 3. The van der Waals surface area contributed by atoms with Crippen molar-refractivity contribution in [2.24, 2.45) is 0 Å². The van der Waals surface area contributed by atoms with Crippen LogP contribution in [0.2, 0.25) is 0 Å². The van der Waals surface area contributed by atoms with E-state index < -0.39 is 0 Å². The first-order valence-corrected chi connectivity index (χ1v) is 14.4. The van der Waals surface area contributed by atoms with Gasteiger partial charge in [0, 0.05) is 35.2 Å². The fraction of sp³-hybridized carbons (Fsp3) is 0.538. The fourth-order valence-electron chi connectivity index (χ4n) is 4.70.